The van der Waals surface area contributed by atoms with Crippen molar-refractivity contribution in [2.45, 2.75) is 12.8 Å². The highest BCUT2D eigenvalue weighted by Crippen LogP contribution is 2.06. The van der Waals surface area contributed by atoms with Crippen LogP contribution in [-0.4, -0.2) is 36.0 Å². The smallest absolute Gasteiger partial charge is 0.0375 e. The zero-order valence-electron chi connectivity index (χ0n) is 6.96. The maximum Gasteiger partial charge on any atom is 0.0375 e. The van der Waals surface area contributed by atoms with E-state index in [0.717, 1.165) is 25.4 Å². The Balaban J connectivity index is 2.10. The van der Waals surface area contributed by atoms with Gasteiger partial charge in [0.25, 0.3) is 0 Å². The third-order valence-electron chi connectivity index (χ3n) is 1.86. The highest BCUT2D eigenvalue weighted by Gasteiger charge is 2.08. The standard InChI is InChI=1S/C8H15ClN2/c1-10-6-4-8-11(10)7-3-2-5-9/h4,8H,2-3,5-7H2,1H3. The van der Waals surface area contributed by atoms with Crippen LogP contribution in [0.25, 0.3) is 0 Å². The molecule has 0 fully saturated rings. The first-order chi connectivity index (χ1) is 5.34. The number of hydrazine groups is 1. The summed E-state index contributed by atoms with van der Waals surface area (Å²) < 4.78 is 0. The van der Waals surface area contributed by atoms with E-state index in [9.17, 15) is 0 Å². The van der Waals surface area contributed by atoms with Gasteiger partial charge in [0, 0.05) is 32.2 Å². The monoisotopic (exact) mass is 174 g/mol. The van der Waals surface area contributed by atoms with Gasteiger partial charge in [-0.15, -0.1) is 11.6 Å². The van der Waals surface area contributed by atoms with Crippen LogP contribution < -0.4 is 0 Å². The second-order valence-corrected chi connectivity index (χ2v) is 3.16. The molecule has 0 unspecified atom stereocenters. The van der Waals surface area contributed by atoms with Gasteiger partial charge in [-0.1, -0.05) is 6.08 Å². The molecular formula is C8H15ClN2. The molecule has 3 heteroatoms. The summed E-state index contributed by atoms with van der Waals surface area (Å²) in [5.74, 6) is 0.779. The Kier molecular flexibility index (Phi) is 3.73. The van der Waals surface area contributed by atoms with Crippen molar-refractivity contribution in [3.63, 3.8) is 0 Å². The lowest BCUT2D eigenvalue weighted by Crippen LogP contribution is -2.32. The maximum absolute atomic E-state index is 5.57. The van der Waals surface area contributed by atoms with Gasteiger partial charge in [-0.05, 0) is 12.8 Å². The summed E-state index contributed by atoms with van der Waals surface area (Å²) in [6.07, 6.45) is 6.59. The Bertz CT molecular complexity index is 136. The van der Waals surface area contributed by atoms with E-state index in [1.165, 1.54) is 6.42 Å². The molecule has 0 radical (unpaired) electrons. The quantitative estimate of drug-likeness (QED) is 0.473. The fourth-order valence-corrected chi connectivity index (χ4v) is 1.34. The molecule has 1 heterocycles. The predicted octanol–water partition coefficient (Wildman–Crippen LogP) is 1.68. The molecule has 1 rings (SSSR count). The molecule has 1 aliphatic rings. The summed E-state index contributed by atoms with van der Waals surface area (Å²) in [5, 5.41) is 4.43. The Labute approximate surface area is 73.4 Å². The van der Waals surface area contributed by atoms with E-state index in [2.05, 4.69) is 29.3 Å². The molecule has 0 amide bonds. The van der Waals surface area contributed by atoms with E-state index in [1.807, 2.05) is 0 Å². The van der Waals surface area contributed by atoms with Crippen LogP contribution in [0.5, 0.6) is 0 Å². The lowest BCUT2D eigenvalue weighted by Gasteiger charge is -2.24. The fourth-order valence-electron chi connectivity index (χ4n) is 1.15. The number of likely N-dealkylation sites (N-methyl/N-ethyl adjacent to an activating group) is 1. The summed E-state index contributed by atoms with van der Waals surface area (Å²) in [7, 11) is 2.10. The minimum atomic E-state index is 0.779. The minimum Gasteiger partial charge on any atom is -0.313 e. The summed E-state index contributed by atoms with van der Waals surface area (Å²) >= 11 is 5.57. The second kappa shape index (κ2) is 4.62. The van der Waals surface area contributed by atoms with Crippen molar-refractivity contribution in [2.24, 2.45) is 0 Å². The largest absolute Gasteiger partial charge is 0.313 e. The molecule has 0 saturated heterocycles. The molecule has 0 aromatic carbocycles. The average Bonchev–Trinajstić information content (AvgIpc) is 2.37. The van der Waals surface area contributed by atoms with Gasteiger partial charge in [0.1, 0.15) is 0 Å². The SMILES string of the molecule is CN1CC=CN1CCCCCl. The van der Waals surface area contributed by atoms with Gasteiger partial charge in [-0.25, -0.2) is 5.01 Å². The summed E-state index contributed by atoms with van der Waals surface area (Å²) in [4.78, 5) is 0. The van der Waals surface area contributed by atoms with Crippen molar-refractivity contribution in [1.29, 1.82) is 0 Å². The van der Waals surface area contributed by atoms with E-state index in [0.29, 0.717) is 0 Å². The third kappa shape index (κ3) is 2.72. The molecule has 64 valence electrons. The van der Waals surface area contributed by atoms with Crippen molar-refractivity contribution >= 4 is 11.6 Å². The molecular weight excluding hydrogens is 160 g/mol. The number of alkyl halides is 1. The maximum atomic E-state index is 5.57. The third-order valence-corrected chi connectivity index (χ3v) is 2.12. The molecule has 0 aliphatic carbocycles. The Hall–Kier alpha value is -0.210. The molecule has 0 aromatic heterocycles. The topological polar surface area (TPSA) is 6.48 Å². The van der Waals surface area contributed by atoms with Crippen LogP contribution in [0.15, 0.2) is 12.3 Å². The zero-order valence-corrected chi connectivity index (χ0v) is 7.72. The lowest BCUT2D eigenvalue weighted by molar-refractivity contribution is 0.0827. The molecule has 0 aromatic rings. The molecule has 2 nitrogen and oxygen atoms in total. The van der Waals surface area contributed by atoms with Gasteiger partial charge in [-0.3, -0.25) is 0 Å². The minimum absolute atomic E-state index is 0.779. The fraction of sp³-hybridized carbons (Fsp3) is 0.750. The average molecular weight is 175 g/mol. The molecule has 0 bridgehead atoms. The van der Waals surface area contributed by atoms with E-state index >= 15 is 0 Å². The van der Waals surface area contributed by atoms with Crippen molar-refractivity contribution in [1.82, 2.24) is 10.0 Å². The van der Waals surface area contributed by atoms with Crippen LogP contribution in [-0.2, 0) is 0 Å². The number of hydrogen-bond donors (Lipinski definition) is 0. The molecule has 0 saturated carbocycles. The van der Waals surface area contributed by atoms with Gasteiger partial charge < -0.3 is 5.01 Å². The second-order valence-electron chi connectivity index (χ2n) is 2.78. The van der Waals surface area contributed by atoms with Gasteiger partial charge in [0.05, 0.1) is 0 Å². The molecule has 0 atom stereocenters. The van der Waals surface area contributed by atoms with Crippen molar-refractivity contribution in [2.75, 3.05) is 26.0 Å². The summed E-state index contributed by atoms with van der Waals surface area (Å²) in [5.41, 5.74) is 0. The Morgan fingerprint density at radius 3 is 2.82 bits per heavy atom. The predicted molar refractivity (Wildman–Crippen MR) is 48.4 cm³/mol. The van der Waals surface area contributed by atoms with E-state index in [4.69, 9.17) is 11.6 Å². The van der Waals surface area contributed by atoms with E-state index < -0.39 is 0 Å². The van der Waals surface area contributed by atoms with Gasteiger partial charge >= 0.3 is 0 Å². The summed E-state index contributed by atoms with van der Waals surface area (Å²) in [6, 6.07) is 0. The zero-order chi connectivity index (χ0) is 8.10. The van der Waals surface area contributed by atoms with Crippen LogP contribution in [0.2, 0.25) is 0 Å². The first-order valence-electron chi connectivity index (χ1n) is 4.05. The van der Waals surface area contributed by atoms with Crippen LogP contribution in [0.1, 0.15) is 12.8 Å². The Morgan fingerprint density at radius 1 is 1.45 bits per heavy atom. The van der Waals surface area contributed by atoms with Crippen molar-refractivity contribution in [3.8, 4) is 0 Å². The number of rotatable bonds is 4. The highest BCUT2D eigenvalue weighted by molar-refractivity contribution is 6.17. The normalized spacial score (nSPS) is 18.2. The van der Waals surface area contributed by atoms with Gasteiger partial charge in [-0.2, -0.15) is 0 Å². The lowest BCUT2D eigenvalue weighted by atomic mass is 10.3. The van der Waals surface area contributed by atoms with Crippen LogP contribution in [0, 0.1) is 0 Å². The first kappa shape index (κ1) is 8.88. The van der Waals surface area contributed by atoms with Gasteiger partial charge in [0.2, 0.25) is 0 Å². The molecule has 0 spiro atoms. The van der Waals surface area contributed by atoms with Crippen LogP contribution in [0.4, 0.5) is 0 Å². The highest BCUT2D eigenvalue weighted by atomic mass is 35.5. The number of nitrogens with zero attached hydrogens (tertiary/aromatic N) is 2. The number of hydrogen-bond acceptors (Lipinski definition) is 2. The van der Waals surface area contributed by atoms with Crippen LogP contribution in [0.3, 0.4) is 0 Å². The number of unbranched alkanes of at least 4 members (excludes halogenated alkanes) is 1. The number of halogens is 1. The van der Waals surface area contributed by atoms with E-state index in [-0.39, 0.29) is 0 Å². The molecule has 1 aliphatic heterocycles. The van der Waals surface area contributed by atoms with Crippen molar-refractivity contribution in [3.05, 3.63) is 12.3 Å². The first-order valence-corrected chi connectivity index (χ1v) is 4.58. The van der Waals surface area contributed by atoms with Crippen molar-refractivity contribution < 1.29 is 0 Å². The summed E-state index contributed by atoms with van der Waals surface area (Å²) in [6.45, 7) is 2.14. The van der Waals surface area contributed by atoms with E-state index in [1.54, 1.807) is 0 Å². The van der Waals surface area contributed by atoms with Crippen LogP contribution >= 0.6 is 11.6 Å². The Morgan fingerprint density at radius 2 is 2.27 bits per heavy atom. The van der Waals surface area contributed by atoms with Gasteiger partial charge in [0.15, 0.2) is 0 Å². The molecule has 0 N–H and O–H groups in total. The molecule has 11 heavy (non-hydrogen) atoms.